The molecule has 0 spiro atoms. The number of imidazole rings is 1. The Morgan fingerprint density at radius 2 is 1.95 bits per heavy atom. The molecule has 0 atom stereocenters. The molecule has 1 N–H and O–H groups in total. The van der Waals surface area contributed by atoms with Gasteiger partial charge in [-0.25, -0.2) is 4.98 Å². The van der Waals surface area contributed by atoms with Crippen molar-refractivity contribution in [1.82, 2.24) is 19.9 Å². The standard InChI is InChI=1S/C16H22N4/c1-12-4-5-14(13(2)19-12)20-11-18-10-15(20)16(3)6-8-17-9-7-16/h4-5,10-11,17H,6-9H2,1-3H3. The fourth-order valence-corrected chi connectivity index (χ4v) is 3.10. The average molecular weight is 270 g/mol. The summed E-state index contributed by atoms with van der Waals surface area (Å²) >= 11 is 0. The minimum atomic E-state index is 0.194. The minimum absolute atomic E-state index is 0.194. The third-order valence-corrected chi connectivity index (χ3v) is 4.42. The highest BCUT2D eigenvalue weighted by atomic mass is 15.1. The maximum atomic E-state index is 4.58. The topological polar surface area (TPSA) is 42.7 Å². The summed E-state index contributed by atoms with van der Waals surface area (Å²) in [5.41, 5.74) is 4.75. The van der Waals surface area contributed by atoms with Gasteiger partial charge in [0.2, 0.25) is 0 Å². The summed E-state index contributed by atoms with van der Waals surface area (Å²) in [6, 6.07) is 4.21. The van der Waals surface area contributed by atoms with Gasteiger partial charge in [-0.2, -0.15) is 0 Å². The van der Waals surface area contributed by atoms with Gasteiger partial charge >= 0.3 is 0 Å². The Labute approximate surface area is 120 Å². The molecule has 0 aliphatic carbocycles. The molecule has 4 nitrogen and oxygen atoms in total. The van der Waals surface area contributed by atoms with Crippen molar-refractivity contribution in [3.63, 3.8) is 0 Å². The molecule has 106 valence electrons. The van der Waals surface area contributed by atoms with E-state index in [2.05, 4.69) is 45.8 Å². The summed E-state index contributed by atoms with van der Waals surface area (Å²) in [5, 5.41) is 3.44. The Hall–Kier alpha value is -1.68. The zero-order valence-electron chi connectivity index (χ0n) is 12.5. The summed E-state index contributed by atoms with van der Waals surface area (Å²) < 4.78 is 2.22. The van der Waals surface area contributed by atoms with Crippen molar-refractivity contribution in [2.45, 2.75) is 39.0 Å². The van der Waals surface area contributed by atoms with Crippen molar-refractivity contribution in [2.24, 2.45) is 0 Å². The van der Waals surface area contributed by atoms with E-state index in [1.165, 1.54) is 5.69 Å². The van der Waals surface area contributed by atoms with Crippen LogP contribution in [0.2, 0.25) is 0 Å². The van der Waals surface area contributed by atoms with Gasteiger partial charge in [-0.15, -0.1) is 0 Å². The fourth-order valence-electron chi connectivity index (χ4n) is 3.10. The van der Waals surface area contributed by atoms with Gasteiger partial charge in [-0.3, -0.25) is 4.98 Å². The SMILES string of the molecule is Cc1ccc(-n2cncc2C2(C)CCNCC2)c(C)n1. The van der Waals surface area contributed by atoms with Crippen LogP contribution in [0.5, 0.6) is 0 Å². The molecule has 0 saturated carbocycles. The molecule has 2 aromatic heterocycles. The molecule has 20 heavy (non-hydrogen) atoms. The second kappa shape index (κ2) is 5.02. The highest BCUT2D eigenvalue weighted by molar-refractivity contribution is 5.40. The van der Waals surface area contributed by atoms with E-state index in [0.717, 1.165) is 43.0 Å². The van der Waals surface area contributed by atoms with Gasteiger partial charge in [0, 0.05) is 23.0 Å². The van der Waals surface area contributed by atoms with E-state index in [-0.39, 0.29) is 5.41 Å². The molecule has 4 heteroatoms. The number of hydrogen-bond donors (Lipinski definition) is 1. The minimum Gasteiger partial charge on any atom is -0.317 e. The lowest BCUT2D eigenvalue weighted by Crippen LogP contribution is -2.38. The quantitative estimate of drug-likeness (QED) is 0.912. The smallest absolute Gasteiger partial charge is 0.0994 e. The van der Waals surface area contributed by atoms with E-state index in [9.17, 15) is 0 Å². The lowest BCUT2D eigenvalue weighted by atomic mass is 9.78. The number of hydrogen-bond acceptors (Lipinski definition) is 3. The van der Waals surface area contributed by atoms with Crippen molar-refractivity contribution >= 4 is 0 Å². The molecule has 1 saturated heterocycles. The predicted molar refractivity (Wildman–Crippen MR) is 80.3 cm³/mol. The monoisotopic (exact) mass is 270 g/mol. The van der Waals surface area contributed by atoms with Crippen LogP contribution in [0.3, 0.4) is 0 Å². The van der Waals surface area contributed by atoms with Crippen molar-refractivity contribution < 1.29 is 0 Å². The molecule has 0 bridgehead atoms. The number of pyridine rings is 1. The molecular formula is C16H22N4. The Morgan fingerprint density at radius 3 is 2.65 bits per heavy atom. The highest BCUT2D eigenvalue weighted by Gasteiger charge is 2.32. The molecule has 0 aromatic carbocycles. The summed E-state index contributed by atoms with van der Waals surface area (Å²) in [6.45, 7) is 8.59. The maximum absolute atomic E-state index is 4.58. The van der Waals surface area contributed by atoms with Crippen LogP contribution in [0.15, 0.2) is 24.7 Å². The molecular weight excluding hydrogens is 248 g/mol. The van der Waals surface area contributed by atoms with Crippen LogP contribution in [-0.4, -0.2) is 27.6 Å². The van der Waals surface area contributed by atoms with Gasteiger partial charge < -0.3 is 9.88 Å². The van der Waals surface area contributed by atoms with Crippen LogP contribution < -0.4 is 5.32 Å². The Balaban J connectivity index is 2.05. The second-order valence-corrected chi connectivity index (χ2v) is 6.02. The first-order valence-corrected chi connectivity index (χ1v) is 7.28. The van der Waals surface area contributed by atoms with Crippen LogP contribution in [0.25, 0.3) is 5.69 Å². The third kappa shape index (κ3) is 2.24. The van der Waals surface area contributed by atoms with Crippen LogP contribution in [0.4, 0.5) is 0 Å². The summed E-state index contributed by atoms with van der Waals surface area (Å²) in [4.78, 5) is 8.97. The molecule has 1 aliphatic rings. The zero-order chi connectivity index (χ0) is 14.2. The average Bonchev–Trinajstić information content (AvgIpc) is 2.89. The first-order valence-electron chi connectivity index (χ1n) is 7.28. The van der Waals surface area contributed by atoms with Crippen molar-refractivity contribution in [1.29, 1.82) is 0 Å². The summed E-state index contributed by atoms with van der Waals surface area (Å²) in [7, 11) is 0. The van der Waals surface area contributed by atoms with Gasteiger partial charge in [0.1, 0.15) is 0 Å². The first kappa shape index (κ1) is 13.3. The van der Waals surface area contributed by atoms with Crippen molar-refractivity contribution in [3.05, 3.63) is 41.7 Å². The second-order valence-electron chi connectivity index (χ2n) is 6.02. The molecule has 3 heterocycles. The first-order chi connectivity index (χ1) is 9.60. The lowest BCUT2D eigenvalue weighted by molar-refractivity contribution is 0.324. The Morgan fingerprint density at radius 1 is 1.20 bits per heavy atom. The van der Waals surface area contributed by atoms with Gasteiger partial charge in [0.25, 0.3) is 0 Å². The molecule has 0 unspecified atom stereocenters. The predicted octanol–water partition coefficient (Wildman–Crippen LogP) is 2.53. The molecule has 1 fully saturated rings. The van der Waals surface area contributed by atoms with E-state index >= 15 is 0 Å². The number of rotatable bonds is 2. The zero-order valence-corrected chi connectivity index (χ0v) is 12.5. The van der Waals surface area contributed by atoms with E-state index in [1.807, 2.05) is 19.4 Å². The van der Waals surface area contributed by atoms with Crippen molar-refractivity contribution in [3.8, 4) is 5.69 Å². The van der Waals surface area contributed by atoms with Crippen LogP contribution in [-0.2, 0) is 5.41 Å². The number of aromatic nitrogens is 3. The van der Waals surface area contributed by atoms with Crippen LogP contribution in [0.1, 0.15) is 36.8 Å². The Kier molecular flexibility index (Phi) is 3.34. The van der Waals surface area contributed by atoms with Crippen LogP contribution in [0, 0.1) is 13.8 Å². The van der Waals surface area contributed by atoms with Gasteiger partial charge in [0.05, 0.1) is 17.7 Å². The molecule has 0 radical (unpaired) electrons. The van der Waals surface area contributed by atoms with E-state index in [1.54, 1.807) is 0 Å². The fraction of sp³-hybridized carbons (Fsp3) is 0.500. The molecule has 2 aromatic rings. The number of nitrogens with zero attached hydrogens (tertiary/aromatic N) is 3. The van der Waals surface area contributed by atoms with Gasteiger partial charge in [-0.05, 0) is 51.9 Å². The summed E-state index contributed by atoms with van der Waals surface area (Å²) in [5.74, 6) is 0. The highest BCUT2D eigenvalue weighted by Crippen LogP contribution is 2.34. The summed E-state index contributed by atoms with van der Waals surface area (Å²) in [6.07, 6.45) is 6.24. The molecule has 3 rings (SSSR count). The van der Waals surface area contributed by atoms with E-state index < -0.39 is 0 Å². The van der Waals surface area contributed by atoms with Crippen molar-refractivity contribution in [2.75, 3.05) is 13.1 Å². The Bertz CT molecular complexity index is 609. The number of nitrogens with one attached hydrogen (secondary N) is 1. The van der Waals surface area contributed by atoms with Gasteiger partial charge in [0.15, 0.2) is 0 Å². The normalized spacial score (nSPS) is 18.1. The maximum Gasteiger partial charge on any atom is 0.0994 e. The van der Waals surface area contributed by atoms with Crippen LogP contribution >= 0.6 is 0 Å². The van der Waals surface area contributed by atoms with E-state index in [0.29, 0.717) is 0 Å². The number of aryl methyl sites for hydroxylation is 2. The lowest BCUT2D eigenvalue weighted by Gasteiger charge is -2.34. The van der Waals surface area contributed by atoms with E-state index in [4.69, 9.17) is 0 Å². The number of piperidine rings is 1. The third-order valence-electron chi connectivity index (χ3n) is 4.42. The largest absolute Gasteiger partial charge is 0.317 e. The van der Waals surface area contributed by atoms with Gasteiger partial charge in [-0.1, -0.05) is 6.92 Å². The molecule has 0 amide bonds. The molecule has 1 aliphatic heterocycles.